The quantitative estimate of drug-likeness (QED) is 0.860. The fraction of sp³-hybridized carbons (Fsp3) is 0.231. The molecule has 0 bridgehead atoms. The molecule has 1 aromatic heterocycles. The lowest BCUT2D eigenvalue weighted by atomic mass is 10.1. The minimum atomic E-state index is 0.664. The van der Waals surface area contributed by atoms with Gasteiger partial charge in [0.1, 0.15) is 11.6 Å². The van der Waals surface area contributed by atoms with Gasteiger partial charge in [-0.25, -0.2) is 9.97 Å². The fourth-order valence-corrected chi connectivity index (χ4v) is 2.18. The van der Waals surface area contributed by atoms with E-state index in [9.17, 15) is 0 Å². The number of hydrogen-bond acceptors (Lipinski definition) is 4. The number of methoxy groups -OCH3 is 1. The molecule has 5 heteroatoms. The summed E-state index contributed by atoms with van der Waals surface area (Å²) in [6, 6.07) is 5.99. The molecule has 0 unspecified atom stereocenters. The molecule has 0 saturated heterocycles. The Balaban J connectivity index is 2.54. The number of benzene rings is 1. The van der Waals surface area contributed by atoms with Crippen molar-refractivity contribution in [2.75, 3.05) is 19.5 Å². The summed E-state index contributed by atoms with van der Waals surface area (Å²) < 4.78 is 6.37. The number of nitrogens with one attached hydrogen (secondary N) is 1. The Kier molecular flexibility index (Phi) is 4.00. The molecule has 1 aromatic carbocycles. The van der Waals surface area contributed by atoms with Gasteiger partial charge in [0.2, 0.25) is 0 Å². The lowest BCUT2D eigenvalue weighted by Crippen LogP contribution is -2.00. The molecule has 1 N–H and O–H groups in total. The Morgan fingerprint density at radius 1 is 1.33 bits per heavy atom. The average Bonchev–Trinajstić information content (AvgIpc) is 2.39. The van der Waals surface area contributed by atoms with Gasteiger partial charge in [-0.1, -0.05) is 6.07 Å². The van der Waals surface area contributed by atoms with E-state index in [1.165, 1.54) is 0 Å². The highest BCUT2D eigenvalue weighted by molar-refractivity contribution is 14.1. The van der Waals surface area contributed by atoms with E-state index in [2.05, 4.69) is 37.9 Å². The molecule has 18 heavy (non-hydrogen) atoms. The van der Waals surface area contributed by atoms with Gasteiger partial charge in [0.05, 0.1) is 16.2 Å². The zero-order valence-corrected chi connectivity index (χ0v) is 12.6. The maximum absolute atomic E-state index is 5.38. The smallest absolute Gasteiger partial charge is 0.165 e. The number of rotatable bonds is 3. The van der Waals surface area contributed by atoms with E-state index in [0.717, 1.165) is 26.3 Å². The summed E-state index contributed by atoms with van der Waals surface area (Å²) in [5.74, 6) is 2.28. The third kappa shape index (κ3) is 2.55. The highest BCUT2D eigenvalue weighted by Crippen LogP contribution is 2.29. The van der Waals surface area contributed by atoms with E-state index in [4.69, 9.17) is 4.74 Å². The van der Waals surface area contributed by atoms with E-state index in [1.54, 1.807) is 13.3 Å². The minimum absolute atomic E-state index is 0.664. The highest BCUT2D eigenvalue weighted by Gasteiger charge is 2.10. The second kappa shape index (κ2) is 5.51. The molecule has 4 nitrogen and oxygen atoms in total. The van der Waals surface area contributed by atoms with Crippen LogP contribution in [0.25, 0.3) is 11.4 Å². The summed E-state index contributed by atoms with van der Waals surface area (Å²) in [6.07, 6.45) is 1.80. The van der Waals surface area contributed by atoms with E-state index in [0.29, 0.717) is 5.82 Å². The monoisotopic (exact) mass is 355 g/mol. The normalized spacial score (nSPS) is 10.2. The summed E-state index contributed by atoms with van der Waals surface area (Å²) in [7, 11) is 3.50. The van der Waals surface area contributed by atoms with Crippen LogP contribution in [0, 0.1) is 10.5 Å². The maximum atomic E-state index is 5.38. The molecule has 0 atom stereocenters. The van der Waals surface area contributed by atoms with Crippen LogP contribution in [0.3, 0.4) is 0 Å². The zero-order valence-electron chi connectivity index (χ0n) is 10.5. The molecule has 2 rings (SSSR count). The lowest BCUT2D eigenvalue weighted by molar-refractivity contribution is 0.416. The van der Waals surface area contributed by atoms with E-state index in [1.807, 2.05) is 32.2 Å². The molecule has 94 valence electrons. The molecule has 0 amide bonds. The topological polar surface area (TPSA) is 47.0 Å². The van der Waals surface area contributed by atoms with Gasteiger partial charge in [-0.3, -0.25) is 0 Å². The van der Waals surface area contributed by atoms with Crippen molar-refractivity contribution in [3.63, 3.8) is 0 Å². The first-order valence-electron chi connectivity index (χ1n) is 5.51. The third-order valence-electron chi connectivity index (χ3n) is 2.58. The van der Waals surface area contributed by atoms with Crippen molar-refractivity contribution in [1.29, 1.82) is 0 Å². The third-order valence-corrected chi connectivity index (χ3v) is 3.37. The fourth-order valence-electron chi connectivity index (χ4n) is 1.66. The van der Waals surface area contributed by atoms with Crippen molar-refractivity contribution in [3.05, 3.63) is 33.5 Å². The van der Waals surface area contributed by atoms with E-state index >= 15 is 0 Å². The molecular weight excluding hydrogens is 341 g/mol. The van der Waals surface area contributed by atoms with Crippen molar-refractivity contribution >= 4 is 28.4 Å². The maximum Gasteiger partial charge on any atom is 0.165 e. The van der Waals surface area contributed by atoms with Crippen molar-refractivity contribution in [2.45, 2.75) is 6.92 Å². The van der Waals surface area contributed by atoms with Crippen molar-refractivity contribution < 1.29 is 4.74 Å². The second-order valence-corrected chi connectivity index (χ2v) is 5.01. The van der Waals surface area contributed by atoms with E-state index < -0.39 is 0 Å². The molecule has 0 saturated carbocycles. The van der Waals surface area contributed by atoms with Gasteiger partial charge in [0.15, 0.2) is 5.82 Å². The summed E-state index contributed by atoms with van der Waals surface area (Å²) >= 11 is 2.20. The summed E-state index contributed by atoms with van der Waals surface area (Å²) in [4.78, 5) is 8.85. The van der Waals surface area contributed by atoms with Crippen molar-refractivity contribution in [3.8, 4) is 17.1 Å². The van der Waals surface area contributed by atoms with Gasteiger partial charge in [-0.2, -0.15) is 0 Å². The van der Waals surface area contributed by atoms with Crippen molar-refractivity contribution in [2.24, 2.45) is 0 Å². The average molecular weight is 355 g/mol. The highest BCUT2D eigenvalue weighted by atomic mass is 127. The molecule has 0 fully saturated rings. The molecule has 0 radical (unpaired) electrons. The first kappa shape index (κ1) is 13.1. The number of nitrogens with zero attached hydrogens (tertiary/aromatic N) is 2. The standard InChI is InChI=1S/C13H14IN3O/c1-8-4-5-9(11(6-8)18-3)12-16-7-10(14)13(15-2)17-12/h4-7H,1-3H3,(H,15,16,17). The van der Waals surface area contributed by atoms with Crippen LogP contribution in [0.1, 0.15) is 5.56 Å². The van der Waals surface area contributed by atoms with Crippen LogP contribution in [0.2, 0.25) is 0 Å². The molecule has 1 heterocycles. The number of anilines is 1. The number of hydrogen-bond donors (Lipinski definition) is 1. The van der Waals surface area contributed by atoms with Crippen LogP contribution in [-0.4, -0.2) is 24.1 Å². The van der Waals surface area contributed by atoms with Gasteiger partial charge in [0.25, 0.3) is 0 Å². The van der Waals surface area contributed by atoms with Crippen LogP contribution in [0.5, 0.6) is 5.75 Å². The first-order chi connectivity index (χ1) is 8.65. The van der Waals surface area contributed by atoms with Crippen LogP contribution in [-0.2, 0) is 0 Å². The van der Waals surface area contributed by atoms with E-state index in [-0.39, 0.29) is 0 Å². The lowest BCUT2D eigenvalue weighted by Gasteiger charge is -2.10. The van der Waals surface area contributed by atoms with Gasteiger partial charge in [0, 0.05) is 13.2 Å². The molecular formula is C13H14IN3O. The van der Waals surface area contributed by atoms with Crippen LogP contribution < -0.4 is 10.1 Å². The molecule has 2 aromatic rings. The second-order valence-electron chi connectivity index (χ2n) is 3.84. The number of ether oxygens (including phenoxy) is 1. The Morgan fingerprint density at radius 3 is 2.78 bits per heavy atom. The Labute approximate surface area is 120 Å². The SMILES string of the molecule is CNc1nc(-c2ccc(C)cc2OC)ncc1I. The Morgan fingerprint density at radius 2 is 2.11 bits per heavy atom. The molecule has 0 aliphatic heterocycles. The summed E-state index contributed by atoms with van der Waals surface area (Å²) in [6.45, 7) is 2.03. The Bertz CT molecular complexity index is 572. The summed E-state index contributed by atoms with van der Waals surface area (Å²) in [5.41, 5.74) is 2.05. The van der Waals surface area contributed by atoms with Crippen LogP contribution in [0.15, 0.2) is 24.4 Å². The molecule has 0 spiro atoms. The summed E-state index contributed by atoms with van der Waals surface area (Å²) in [5, 5.41) is 3.05. The first-order valence-corrected chi connectivity index (χ1v) is 6.59. The molecule has 0 aliphatic rings. The largest absolute Gasteiger partial charge is 0.496 e. The van der Waals surface area contributed by atoms with Gasteiger partial charge >= 0.3 is 0 Å². The Hall–Kier alpha value is -1.37. The van der Waals surface area contributed by atoms with Gasteiger partial charge < -0.3 is 10.1 Å². The molecule has 0 aliphatic carbocycles. The minimum Gasteiger partial charge on any atom is -0.496 e. The predicted octanol–water partition coefficient (Wildman–Crippen LogP) is 3.11. The van der Waals surface area contributed by atoms with Crippen LogP contribution >= 0.6 is 22.6 Å². The number of aryl methyl sites for hydroxylation is 1. The number of halogens is 1. The number of aromatic nitrogens is 2. The zero-order chi connectivity index (χ0) is 13.1. The van der Waals surface area contributed by atoms with Gasteiger partial charge in [-0.05, 0) is 47.2 Å². The predicted molar refractivity (Wildman–Crippen MR) is 81.0 cm³/mol. The van der Waals surface area contributed by atoms with Crippen LogP contribution in [0.4, 0.5) is 5.82 Å². The van der Waals surface area contributed by atoms with Crippen molar-refractivity contribution in [1.82, 2.24) is 9.97 Å². The van der Waals surface area contributed by atoms with Gasteiger partial charge in [-0.15, -0.1) is 0 Å².